The molecule has 1 heterocycles. The van der Waals surface area contributed by atoms with Crippen molar-refractivity contribution in [1.29, 1.82) is 0 Å². The third-order valence-electron chi connectivity index (χ3n) is 3.63. The highest BCUT2D eigenvalue weighted by Gasteiger charge is 2.48. The second kappa shape index (κ2) is 6.20. The molecule has 0 unspecified atom stereocenters. The fourth-order valence-corrected chi connectivity index (χ4v) is 2.98. The zero-order chi connectivity index (χ0) is 16.5. The molecule has 1 aromatic rings. The number of urea groups is 1. The van der Waals surface area contributed by atoms with Crippen LogP contribution in [0.2, 0.25) is 0 Å². The van der Waals surface area contributed by atoms with E-state index in [0.717, 1.165) is 9.37 Å². The Labute approximate surface area is 138 Å². The summed E-state index contributed by atoms with van der Waals surface area (Å²) in [7, 11) is 0. The summed E-state index contributed by atoms with van der Waals surface area (Å²) >= 11 is 3.30. The van der Waals surface area contributed by atoms with Crippen molar-refractivity contribution in [3.8, 4) is 0 Å². The van der Waals surface area contributed by atoms with Gasteiger partial charge in [0.05, 0.1) is 6.54 Å². The fraction of sp³-hybridized carbons (Fsp3) is 0.438. The molecule has 0 aliphatic carbocycles. The molecule has 1 N–H and O–H groups in total. The number of benzene rings is 1. The van der Waals surface area contributed by atoms with Gasteiger partial charge in [0.15, 0.2) is 5.78 Å². The van der Waals surface area contributed by atoms with Gasteiger partial charge >= 0.3 is 6.03 Å². The van der Waals surface area contributed by atoms with Gasteiger partial charge in [-0.2, -0.15) is 0 Å². The quantitative estimate of drug-likeness (QED) is 0.643. The highest BCUT2D eigenvalue weighted by molar-refractivity contribution is 9.10. The number of hydrogen-bond donors (Lipinski definition) is 1. The maximum Gasteiger partial charge on any atom is 0.325 e. The van der Waals surface area contributed by atoms with Gasteiger partial charge in [0.25, 0.3) is 5.91 Å². The van der Waals surface area contributed by atoms with Crippen LogP contribution in [-0.2, 0) is 4.79 Å². The third kappa shape index (κ3) is 3.38. The Morgan fingerprint density at radius 1 is 1.27 bits per heavy atom. The number of hydrogen-bond acceptors (Lipinski definition) is 3. The number of carbonyl (C=O) groups excluding carboxylic acids is 3. The lowest BCUT2D eigenvalue weighted by atomic mass is 9.91. The molecular weight excluding hydrogens is 348 g/mol. The molecule has 0 radical (unpaired) electrons. The van der Waals surface area contributed by atoms with E-state index in [1.807, 2.05) is 13.8 Å². The monoisotopic (exact) mass is 366 g/mol. The number of rotatable bonds is 5. The van der Waals surface area contributed by atoms with Crippen molar-refractivity contribution in [2.75, 3.05) is 6.54 Å². The van der Waals surface area contributed by atoms with Crippen molar-refractivity contribution >= 4 is 33.7 Å². The number of imide groups is 1. The molecule has 1 aliphatic rings. The number of Topliss-reactive ketones (excluding diaryl/α,β-unsaturated/α-hetero) is 1. The van der Waals surface area contributed by atoms with E-state index in [2.05, 4.69) is 21.2 Å². The lowest BCUT2D eigenvalue weighted by Gasteiger charge is -2.23. The number of nitrogens with zero attached hydrogens (tertiary/aromatic N) is 1. The van der Waals surface area contributed by atoms with Gasteiger partial charge in [0.1, 0.15) is 5.54 Å². The van der Waals surface area contributed by atoms with E-state index in [-0.39, 0.29) is 24.2 Å². The lowest BCUT2D eigenvalue weighted by Crippen LogP contribution is -2.45. The van der Waals surface area contributed by atoms with Gasteiger partial charge in [0, 0.05) is 10.0 Å². The van der Waals surface area contributed by atoms with Crippen molar-refractivity contribution in [3.05, 3.63) is 34.3 Å². The zero-order valence-corrected chi connectivity index (χ0v) is 14.4. The second-order valence-corrected chi connectivity index (χ2v) is 7.10. The van der Waals surface area contributed by atoms with E-state index in [1.54, 1.807) is 31.2 Å². The van der Waals surface area contributed by atoms with Crippen LogP contribution in [0, 0.1) is 5.92 Å². The van der Waals surface area contributed by atoms with Gasteiger partial charge in [-0.25, -0.2) is 4.79 Å². The van der Waals surface area contributed by atoms with E-state index in [1.165, 1.54) is 0 Å². The van der Waals surface area contributed by atoms with Crippen molar-refractivity contribution in [2.45, 2.75) is 32.7 Å². The molecular formula is C16H19BrN2O3. The fourth-order valence-electron chi connectivity index (χ4n) is 2.72. The standard InChI is InChI=1S/C16H19BrN2O3/c1-10(2)8-16(3)14(21)19(15(22)18-16)9-13(20)11-4-6-12(17)7-5-11/h4-7,10H,8-9H2,1-3H3,(H,18,22)/t16-/m1/s1. The highest BCUT2D eigenvalue weighted by atomic mass is 79.9. The number of amides is 3. The number of ketones is 1. The van der Waals surface area contributed by atoms with Crippen molar-refractivity contribution in [2.24, 2.45) is 5.92 Å². The van der Waals surface area contributed by atoms with Crippen LogP contribution in [0.25, 0.3) is 0 Å². The van der Waals surface area contributed by atoms with Gasteiger partial charge in [-0.3, -0.25) is 14.5 Å². The molecule has 2 rings (SSSR count). The first-order valence-corrected chi connectivity index (χ1v) is 7.95. The average Bonchev–Trinajstić information content (AvgIpc) is 2.62. The summed E-state index contributed by atoms with van der Waals surface area (Å²) in [5, 5.41) is 2.71. The number of carbonyl (C=O) groups is 3. The zero-order valence-electron chi connectivity index (χ0n) is 12.9. The van der Waals surface area contributed by atoms with Gasteiger partial charge in [0.2, 0.25) is 0 Å². The van der Waals surface area contributed by atoms with Crippen molar-refractivity contribution in [1.82, 2.24) is 10.2 Å². The molecule has 22 heavy (non-hydrogen) atoms. The molecule has 1 aromatic carbocycles. The third-order valence-corrected chi connectivity index (χ3v) is 4.16. The van der Waals surface area contributed by atoms with Gasteiger partial charge in [-0.1, -0.05) is 41.9 Å². The summed E-state index contributed by atoms with van der Waals surface area (Å²) in [6.07, 6.45) is 0.542. The maximum absolute atomic E-state index is 12.5. The molecule has 1 aliphatic heterocycles. The van der Waals surface area contributed by atoms with Crippen LogP contribution < -0.4 is 5.32 Å². The second-order valence-electron chi connectivity index (χ2n) is 6.18. The first kappa shape index (κ1) is 16.7. The Hall–Kier alpha value is -1.69. The summed E-state index contributed by atoms with van der Waals surface area (Å²) in [5.74, 6) is -0.335. The molecule has 1 saturated heterocycles. The lowest BCUT2D eigenvalue weighted by molar-refractivity contribution is -0.131. The summed E-state index contributed by atoms with van der Waals surface area (Å²) in [5.41, 5.74) is -0.452. The van der Waals surface area contributed by atoms with Crippen molar-refractivity contribution in [3.63, 3.8) is 0 Å². The first-order valence-electron chi connectivity index (χ1n) is 7.16. The first-order chi connectivity index (χ1) is 10.2. The molecule has 118 valence electrons. The summed E-state index contributed by atoms with van der Waals surface area (Å²) in [4.78, 5) is 37.8. The normalized spacial score (nSPS) is 21.4. The van der Waals surface area contributed by atoms with Gasteiger partial charge in [-0.05, 0) is 31.4 Å². The Balaban J connectivity index is 2.13. The van der Waals surface area contributed by atoms with Crippen LogP contribution in [0.5, 0.6) is 0 Å². The predicted octanol–water partition coefficient (Wildman–Crippen LogP) is 2.99. The summed E-state index contributed by atoms with van der Waals surface area (Å²) in [6.45, 7) is 5.44. The Morgan fingerprint density at radius 3 is 2.41 bits per heavy atom. The van der Waals surface area contributed by atoms with Crippen LogP contribution in [-0.4, -0.2) is 34.7 Å². The molecule has 0 spiro atoms. The Morgan fingerprint density at radius 2 is 1.86 bits per heavy atom. The molecule has 0 bridgehead atoms. The van der Waals surface area contributed by atoms with Crippen LogP contribution >= 0.6 is 15.9 Å². The van der Waals surface area contributed by atoms with Crippen LogP contribution in [0.15, 0.2) is 28.7 Å². The summed E-state index contributed by atoms with van der Waals surface area (Å²) in [6, 6.07) is 6.33. The highest BCUT2D eigenvalue weighted by Crippen LogP contribution is 2.25. The van der Waals surface area contributed by atoms with Crippen LogP contribution in [0.3, 0.4) is 0 Å². The Bertz CT molecular complexity index is 612. The van der Waals surface area contributed by atoms with Crippen LogP contribution in [0.1, 0.15) is 37.6 Å². The molecule has 3 amide bonds. The van der Waals surface area contributed by atoms with Crippen molar-refractivity contribution < 1.29 is 14.4 Å². The SMILES string of the molecule is CC(C)C[C@@]1(C)NC(=O)N(CC(=O)c2ccc(Br)cc2)C1=O. The molecule has 0 aromatic heterocycles. The molecule has 0 saturated carbocycles. The topological polar surface area (TPSA) is 66.5 Å². The maximum atomic E-state index is 12.5. The largest absolute Gasteiger partial charge is 0.325 e. The average molecular weight is 367 g/mol. The van der Waals surface area contributed by atoms with E-state index in [9.17, 15) is 14.4 Å². The van der Waals surface area contributed by atoms with E-state index in [0.29, 0.717) is 12.0 Å². The minimum atomic E-state index is -0.925. The van der Waals surface area contributed by atoms with Gasteiger partial charge in [-0.15, -0.1) is 0 Å². The van der Waals surface area contributed by atoms with Gasteiger partial charge < -0.3 is 5.32 Å². The minimum Gasteiger partial charge on any atom is -0.323 e. The van der Waals surface area contributed by atoms with E-state index in [4.69, 9.17) is 0 Å². The molecule has 1 fully saturated rings. The summed E-state index contributed by atoms with van der Waals surface area (Å²) < 4.78 is 0.864. The molecule has 6 heteroatoms. The van der Waals surface area contributed by atoms with E-state index >= 15 is 0 Å². The predicted molar refractivity (Wildman–Crippen MR) is 86.6 cm³/mol. The molecule has 5 nitrogen and oxygen atoms in total. The molecule has 1 atom stereocenters. The Kier molecular flexibility index (Phi) is 4.70. The van der Waals surface area contributed by atoms with E-state index < -0.39 is 11.6 Å². The minimum absolute atomic E-state index is 0.236. The van der Waals surface area contributed by atoms with Crippen LogP contribution in [0.4, 0.5) is 4.79 Å². The number of nitrogens with one attached hydrogen (secondary N) is 1. The number of halogens is 1. The smallest absolute Gasteiger partial charge is 0.323 e.